The van der Waals surface area contributed by atoms with Crippen LogP contribution in [0.1, 0.15) is 18.4 Å². The van der Waals surface area contributed by atoms with E-state index in [9.17, 15) is 22.8 Å². The molecule has 29 heavy (non-hydrogen) atoms. The molecule has 0 saturated heterocycles. The third kappa shape index (κ3) is 5.22. The topological polar surface area (TPSA) is 81.4 Å². The van der Waals surface area contributed by atoms with Gasteiger partial charge in [0.05, 0.1) is 5.56 Å². The lowest BCUT2D eigenvalue weighted by Gasteiger charge is -2.13. The molecule has 1 atom stereocenters. The molecule has 1 aromatic heterocycles. The van der Waals surface area contributed by atoms with E-state index in [4.69, 9.17) is 9.15 Å². The lowest BCUT2D eigenvalue weighted by Crippen LogP contribution is -2.29. The first-order chi connectivity index (χ1) is 13.7. The molecule has 3 aromatic rings. The third-order valence-corrected chi connectivity index (χ3v) is 3.79. The van der Waals surface area contributed by atoms with Crippen LogP contribution < -0.4 is 5.32 Å². The van der Waals surface area contributed by atoms with Gasteiger partial charge in [-0.2, -0.15) is 13.2 Å². The quantitative estimate of drug-likeness (QED) is 0.503. The Hall–Kier alpha value is -3.62. The minimum Gasteiger partial charge on any atom is -0.449 e. The highest BCUT2D eigenvalue weighted by molar-refractivity contribution is 5.96. The molecular formula is C20H15F3N2O4. The molecule has 0 spiro atoms. The van der Waals surface area contributed by atoms with Gasteiger partial charge in [-0.15, -0.1) is 0 Å². The van der Waals surface area contributed by atoms with E-state index < -0.39 is 29.7 Å². The highest BCUT2D eigenvalue weighted by Gasteiger charge is 2.30. The summed E-state index contributed by atoms with van der Waals surface area (Å²) in [6.45, 7) is 1.30. The van der Waals surface area contributed by atoms with Crippen LogP contribution in [0, 0.1) is 0 Å². The van der Waals surface area contributed by atoms with E-state index in [0.717, 1.165) is 24.3 Å². The summed E-state index contributed by atoms with van der Waals surface area (Å²) in [7, 11) is 0. The number of alkyl halides is 3. The van der Waals surface area contributed by atoms with E-state index >= 15 is 0 Å². The maximum Gasteiger partial charge on any atom is 0.416 e. The van der Waals surface area contributed by atoms with E-state index in [2.05, 4.69) is 10.3 Å². The van der Waals surface area contributed by atoms with Gasteiger partial charge >= 0.3 is 12.1 Å². The van der Waals surface area contributed by atoms with Gasteiger partial charge in [0, 0.05) is 17.8 Å². The lowest BCUT2D eigenvalue weighted by molar-refractivity contribution is -0.148. The van der Waals surface area contributed by atoms with Crippen LogP contribution in [0.3, 0.4) is 0 Å². The maximum atomic E-state index is 12.7. The average Bonchev–Trinajstić information content (AvgIpc) is 3.09. The number of carbonyl (C=O) groups is 2. The fourth-order valence-electron chi connectivity index (χ4n) is 2.38. The SMILES string of the molecule is C[C@@H](OC(=O)/C=C/c1nc2ccccc2o1)C(=O)Nc1cccc(C(F)(F)F)c1. The largest absolute Gasteiger partial charge is 0.449 e. The molecule has 2 aromatic carbocycles. The van der Waals surface area contributed by atoms with Crippen molar-refractivity contribution in [3.63, 3.8) is 0 Å². The van der Waals surface area contributed by atoms with Crippen LogP contribution in [-0.4, -0.2) is 23.0 Å². The number of anilines is 1. The summed E-state index contributed by atoms with van der Waals surface area (Å²) in [4.78, 5) is 28.1. The van der Waals surface area contributed by atoms with Gasteiger partial charge in [-0.25, -0.2) is 9.78 Å². The molecule has 0 unspecified atom stereocenters. The third-order valence-electron chi connectivity index (χ3n) is 3.79. The normalized spacial score (nSPS) is 12.8. The summed E-state index contributed by atoms with van der Waals surface area (Å²) in [6, 6.07) is 11.2. The fraction of sp³-hybridized carbons (Fsp3) is 0.150. The number of fused-ring (bicyclic) bond motifs is 1. The molecule has 0 radical (unpaired) electrons. The molecule has 9 heteroatoms. The van der Waals surface area contributed by atoms with Crippen LogP contribution in [0.15, 0.2) is 59.0 Å². The zero-order valence-corrected chi connectivity index (χ0v) is 15.1. The number of rotatable bonds is 5. The minimum atomic E-state index is -4.53. The van der Waals surface area contributed by atoms with Gasteiger partial charge in [0.25, 0.3) is 5.91 Å². The Balaban J connectivity index is 1.58. The van der Waals surface area contributed by atoms with Gasteiger partial charge in [-0.05, 0) is 37.3 Å². The van der Waals surface area contributed by atoms with Crippen molar-refractivity contribution < 1.29 is 31.9 Å². The van der Waals surface area contributed by atoms with Crippen LogP contribution in [-0.2, 0) is 20.5 Å². The van der Waals surface area contributed by atoms with Crippen molar-refractivity contribution in [1.82, 2.24) is 4.98 Å². The Morgan fingerprint density at radius 1 is 1.17 bits per heavy atom. The first kappa shape index (κ1) is 20.1. The highest BCUT2D eigenvalue weighted by Crippen LogP contribution is 2.30. The van der Waals surface area contributed by atoms with Crippen molar-refractivity contribution in [2.45, 2.75) is 19.2 Å². The van der Waals surface area contributed by atoms with Crippen molar-refractivity contribution >= 4 is 34.7 Å². The number of ether oxygens (including phenoxy) is 1. The molecule has 150 valence electrons. The predicted molar refractivity (Wildman–Crippen MR) is 98.7 cm³/mol. The summed E-state index contributed by atoms with van der Waals surface area (Å²) in [5, 5.41) is 2.28. The molecule has 1 heterocycles. The Bertz CT molecular complexity index is 1040. The van der Waals surface area contributed by atoms with Crippen LogP contribution in [0.5, 0.6) is 0 Å². The van der Waals surface area contributed by atoms with E-state index in [0.29, 0.717) is 11.1 Å². The van der Waals surface area contributed by atoms with Crippen LogP contribution in [0.25, 0.3) is 17.2 Å². The molecule has 0 aliphatic heterocycles. The Labute approximate surface area is 163 Å². The van der Waals surface area contributed by atoms with E-state index in [1.54, 1.807) is 24.3 Å². The number of para-hydroxylation sites is 2. The zero-order chi connectivity index (χ0) is 21.0. The Morgan fingerprint density at radius 3 is 2.66 bits per heavy atom. The van der Waals surface area contributed by atoms with Gasteiger partial charge in [0.1, 0.15) is 5.52 Å². The number of nitrogens with one attached hydrogen (secondary N) is 1. The molecule has 1 amide bonds. The number of amides is 1. The first-order valence-corrected chi connectivity index (χ1v) is 8.45. The van der Waals surface area contributed by atoms with Gasteiger partial charge in [-0.3, -0.25) is 4.79 Å². The summed E-state index contributed by atoms with van der Waals surface area (Å²) in [5.41, 5.74) is 0.208. The minimum absolute atomic E-state index is 0.0604. The lowest BCUT2D eigenvalue weighted by atomic mass is 10.2. The number of hydrogen-bond acceptors (Lipinski definition) is 5. The summed E-state index contributed by atoms with van der Waals surface area (Å²) in [6.07, 6.45) is -3.43. The molecule has 6 nitrogen and oxygen atoms in total. The number of nitrogens with zero attached hydrogens (tertiary/aromatic N) is 1. The second-order valence-electron chi connectivity index (χ2n) is 6.00. The summed E-state index contributed by atoms with van der Waals surface area (Å²) in [5.74, 6) is -1.42. The number of carbonyl (C=O) groups excluding carboxylic acids is 2. The molecule has 0 aliphatic carbocycles. The second kappa shape index (κ2) is 8.17. The Morgan fingerprint density at radius 2 is 1.93 bits per heavy atom. The van der Waals surface area contributed by atoms with Crippen molar-refractivity contribution in [1.29, 1.82) is 0 Å². The highest BCUT2D eigenvalue weighted by atomic mass is 19.4. The van der Waals surface area contributed by atoms with Crippen LogP contribution in [0.2, 0.25) is 0 Å². The van der Waals surface area contributed by atoms with E-state index in [1.165, 1.54) is 19.1 Å². The van der Waals surface area contributed by atoms with Gasteiger partial charge in [0.15, 0.2) is 11.7 Å². The second-order valence-corrected chi connectivity index (χ2v) is 6.00. The van der Waals surface area contributed by atoms with Crippen molar-refractivity contribution in [2.24, 2.45) is 0 Å². The molecule has 0 bridgehead atoms. The predicted octanol–water partition coefficient (Wildman–Crippen LogP) is 4.43. The number of aromatic nitrogens is 1. The van der Waals surface area contributed by atoms with E-state index in [1.807, 2.05) is 0 Å². The molecule has 0 fully saturated rings. The zero-order valence-electron chi connectivity index (χ0n) is 15.1. The molecule has 0 saturated carbocycles. The molecular weight excluding hydrogens is 389 g/mol. The number of oxazole rings is 1. The van der Waals surface area contributed by atoms with Gasteiger partial charge in [-0.1, -0.05) is 18.2 Å². The maximum absolute atomic E-state index is 12.7. The van der Waals surface area contributed by atoms with Crippen molar-refractivity contribution in [3.8, 4) is 0 Å². The Kier molecular flexibility index (Phi) is 5.67. The summed E-state index contributed by atoms with van der Waals surface area (Å²) >= 11 is 0. The monoisotopic (exact) mass is 404 g/mol. The molecule has 3 rings (SSSR count). The van der Waals surface area contributed by atoms with E-state index in [-0.39, 0.29) is 11.6 Å². The molecule has 0 aliphatic rings. The van der Waals surface area contributed by atoms with Crippen LogP contribution >= 0.6 is 0 Å². The van der Waals surface area contributed by atoms with Gasteiger partial charge < -0.3 is 14.5 Å². The van der Waals surface area contributed by atoms with Gasteiger partial charge in [0.2, 0.25) is 5.89 Å². The number of esters is 1. The average molecular weight is 404 g/mol. The number of benzene rings is 2. The fourth-order valence-corrected chi connectivity index (χ4v) is 2.38. The van der Waals surface area contributed by atoms with Crippen molar-refractivity contribution in [3.05, 3.63) is 66.1 Å². The number of hydrogen-bond donors (Lipinski definition) is 1. The standard InChI is InChI=1S/C20H15F3N2O4/c1-12(19(27)24-14-6-4-5-13(11-14)20(21,22)23)28-18(26)10-9-17-25-15-7-2-3-8-16(15)29-17/h2-12H,1H3,(H,24,27)/b10-9+/t12-/m1/s1. The summed E-state index contributed by atoms with van der Waals surface area (Å²) < 4.78 is 48.5. The smallest absolute Gasteiger partial charge is 0.416 e. The molecule has 1 N–H and O–H groups in total. The van der Waals surface area contributed by atoms with Crippen LogP contribution in [0.4, 0.5) is 18.9 Å². The number of halogens is 3. The first-order valence-electron chi connectivity index (χ1n) is 8.45. The van der Waals surface area contributed by atoms with Crippen molar-refractivity contribution in [2.75, 3.05) is 5.32 Å².